The zero-order chi connectivity index (χ0) is 15.0. The molecular formula is C14H16N4O3. The second-order valence-corrected chi connectivity index (χ2v) is 5.53. The van der Waals surface area contributed by atoms with Crippen LogP contribution in [0, 0.1) is 0 Å². The molecule has 3 rings (SSSR count). The number of hydrogen-bond acceptors (Lipinski definition) is 6. The minimum atomic E-state index is -0.880. The molecule has 110 valence electrons. The number of rotatable bonds is 4. The monoisotopic (exact) mass is 288 g/mol. The van der Waals surface area contributed by atoms with Gasteiger partial charge in [-0.3, -0.25) is 4.98 Å². The van der Waals surface area contributed by atoms with E-state index in [-0.39, 0.29) is 11.3 Å². The van der Waals surface area contributed by atoms with Crippen molar-refractivity contribution in [2.24, 2.45) is 5.73 Å². The number of ether oxygens (including phenoxy) is 1. The van der Waals surface area contributed by atoms with E-state index in [1.807, 2.05) is 12.1 Å². The third kappa shape index (κ3) is 2.72. The molecule has 1 aliphatic rings. The predicted molar refractivity (Wildman–Crippen MR) is 73.2 cm³/mol. The van der Waals surface area contributed by atoms with Crippen LogP contribution < -0.4 is 5.73 Å². The van der Waals surface area contributed by atoms with E-state index < -0.39 is 12.2 Å². The minimum Gasteiger partial charge on any atom is -0.437 e. The van der Waals surface area contributed by atoms with Gasteiger partial charge in [0.25, 0.3) is 5.89 Å². The summed E-state index contributed by atoms with van der Waals surface area (Å²) in [4.78, 5) is 19.4. The highest BCUT2D eigenvalue weighted by Gasteiger charge is 2.40. The summed E-state index contributed by atoms with van der Waals surface area (Å²) >= 11 is 0. The second-order valence-electron chi connectivity index (χ2n) is 5.53. The molecule has 2 aromatic heterocycles. The Hall–Kier alpha value is -2.44. The largest absolute Gasteiger partial charge is 0.437 e. The molecule has 1 aliphatic carbocycles. The highest BCUT2D eigenvalue weighted by atomic mass is 16.6. The molecule has 1 saturated carbocycles. The van der Waals surface area contributed by atoms with Gasteiger partial charge in [-0.15, -0.1) is 0 Å². The average Bonchev–Trinajstić information content (AvgIpc) is 3.03. The van der Waals surface area contributed by atoms with Gasteiger partial charge < -0.3 is 15.0 Å². The summed E-state index contributed by atoms with van der Waals surface area (Å²) in [5, 5.41) is 3.91. The molecule has 2 N–H and O–H groups in total. The molecule has 2 heterocycles. The standard InChI is InChI=1S/C14H16N4O3/c1-8(20-13(15)19)12-17-11(18-21-12)9-3-6-16-10(7-9)14(2)4-5-14/h3,6-8H,4-5H2,1-2H3,(H2,15,19)/t8-/m0/s1. The molecule has 0 aliphatic heterocycles. The van der Waals surface area contributed by atoms with Crippen molar-refractivity contribution in [3.8, 4) is 11.4 Å². The van der Waals surface area contributed by atoms with Gasteiger partial charge >= 0.3 is 6.09 Å². The second kappa shape index (κ2) is 4.83. The molecule has 1 atom stereocenters. The number of aromatic nitrogens is 3. The Kier molecular flexibility index (Phi) is 3.12. The maximum absolute atomic E-state index is 10.7. The highest BCUT2D eigenvalue weighted by molar-refractivity contribution is 5.64. The van der Waals surface area contributed by atoms with Gasteiger partial charge in [0.05, 0.1) is 0 Å². The first-order valence-electron chi connectivity index (χ1n) is 6.74. The van der Waals surface area contributed by atoms with E-state index in [9.17, 15) is 4.79 Å². The summed E-state index contributed by atoms with van der Waals surface area (Å²) in [6.07, 6.45) is 2.48. The van der Waals surface area contributed by atoms with E-state index >= 15 is 0 Å². The lowest BCUT2D eigenvalue weighted by atomic mass is 10.0. The first-order valence-corrected chi connectivity index (χ1v) is 6.74. The van der Waals surface area contributed by atoms with Crippen LogP contribution in [0.15, 0.2) is 22.9 Å². The van der Waals surface area contributed by atoms with Crippen LogP contribution in [0.5, 0.6) is 0 Å². The first-order chi connectivity index (χ1) is 9.98. The van der Waals surface area contributed by atoms with Crippen LogP contribution in [-0.2, 0) is 10.2 Å². The van der Waals surface area contributed by atoms with Crippen LogP contribution in [0.2, 0.25) is 0 Å². The number of primary amides is 1. The number of carbonyl (C=O) groups is 1. The molecule has 0 unspecified atom stereocenters. The number of hydrogen-bond donors (Lipinski definition) is 1. The van der Waals surface area contributed by atoms with Crippen molar-refractivity contribution in [1.82, 2.24) is 15.1 Å². The molecule has 1 amide bonds. The van der Waals surface area contributed by atoms with Crippen molar-refractivity contribution >= 4 is 6.09 Å². The van der Waals surface area contributed by atoms with Crippen molar-refractivity contribution in [3.63, 3.8) is 0 Å². The highest BCUT2D eigenvalue weighted by Crippen LogP contribution is 2.47. The van der Waals surface area contributed by atoms with Crippen molar-refractivity contribution in [2.45, 2.75) is 38.2 Å². The van der Waals surface area contributed by atoms with Gasteiger partial charge in [0.2, 0.25) is 5.82 Å². The van der Waals surface area contributed by atoms with E-state index in [0.29, 0.717) is 5.82 Å². The van der Waals surface area contributed by atoms with Crippen LogP contribution in [0.3, 0.4) is 0 Å². The van der Waals surface area contributed by atoms with Gasteiger partial charge in [-0.2, -0.15) is 4.98 Å². The van der Waals surface area contributed by atoms with Gasteiger partial charge in [0, 0.05) is 22.9 Å². The summed E-state index contributed by atoms with van der Waals surface area (Å²) in [6.45, 7) is 3.80. The fourth-order valence-electron chi connectivity index (χ4n) is 2.09. The summed E-state index contributed by atoms with van der Waals surface area (Å²) in [7, 11) is 0. The minimum absolute atomic E-state index is 0.172. The lowest BCUT2D eigenvalue weighted by Gasteiger charge is -2.07. The van der Waals surface area contributed by atoms with Crippen molar-refractivity contribution < 1.29 is 14.1 Å². The SMILES string of the molecule is C[C@H](OC(N)=O)c1nc(-c2ccnc(C3(C)CC3)c2)no1. The lowest BCUT2D eigenvalue weighted by Crippen LogP contribution is -2.15. The summed E-state index contributed by atoms with van der Waals surface area (Å²) in [5.41, 5.74) is 7.00. The van der Waals surface area contributed by atoms with E-state index in [1.54, 1.807) is 13.1 Å². The number of pyridine rings is 1. The number of nitrogens with two attached hydrogens (primary N) is 1. The average molecular weight is 288 g/mol. The Morgan fingerprint density at radius 1 is 1.52 bits per heavy atom. The third-order valence-corrected chi connectivity index (χ3v) is 3.72. The Morgan fingerprint density at radius 3 is 2.95 bits per heavy atom. The molecule has 7 heteroatoms. The van der Waals surface area contributed by atoms with Gasteiger partial charge in [0.15, 0.2) is 6.10 Å². The molecule has 0 bridgehead atoms. The van der Waals surface area contributed by atoms with Crippen molar-refractivity contribution in [1.29, 1.82) is 0 Å². The van der Waals surface area contributed by atoms with Crippen molar-refractivity contribution in [2.75, 3.05) is 0 Å². The number of carbonyl (C=O) groups excluding carboxylic acids is 1. The van der Waals surface area contributed by atoms with E-state index in [1.165, 1.54) is 0 Å². The van der Waals surface area contributed by atoms with Gasteiger partial charge in [0.1, 0.15) is 0 Å². The predicted octanol–water partition coefficient (Wildman–Crippen LogP) is 2.34. The molecule has 0 radical (unpaired) electrons. The fraction of sp³-hybridized carbons (Fsp3) is 0.429. The van der Waals surface area contributed by atoms with Crippen LogP contribution >= 0.6 is 0 Å². The maximum atomic E-state index is 10.7. The molecule has 0 saturated heterocycles. The molecule has 1 fully saturated rings. The number of nitrogens with zero attached hydrogens (tertiary/aromatic N) is 3. The van der Waals surface area contributed by atoms with Crippen LogP contribution in [0.1, 0.15) is 44.4 Å². The van der Waals surface area contributed by atoms with Gasteiger partial charge in [-0.25, -0.2) is 4.79 Å². The molecule has 2 aromatic rings. The summed E-state index contributed by atoms with van der Waals surface area (Å²) in [6, 6.07) is 3.80. The maximum Gasteiger partial charge on any atom is 0.405 e. The first kappa shape index (κ1) is 13.5. The zero-order valence-electron chi connectivity index (χ0n) is 11.9. The van der Waals surface area contributed by atoms with Gasteiger partial charge in [-0.05, 0) is 31.9 Å². The van der Waals surface area contributed by atoms with Crippen LogP contribution in [-0.4, -0.2) is 21.2 Å². The quantitative estimate of drug-likeness (QED) is 0.925. The van der Waals surface area contributed by atoms with E-state index in [0.717, 1.165) is 24.1 Å². The molecule has 0 spiro atoms. The molecule has 21 heavy (non-hydrogen) atoms. The summed E-state index contributed by atoms with van der Waals surface area (Å²) in [5.74, 6) is 0.651. The third-order valence-electron chi connectivity index (χ3n) is 3.72. The van der Waals surface area contributed by atoms with E-state index in [2.05, 4.69) is 22.0 Å². The topological polar surface area (TPSA) is 104 Å². The number of amides is 1. The van der Waals surface area contributed by atoms with Crippen molar-refractivity contribution in [3.05, 3.63) is 29.9 Å². The van der Waals surface area contributed by atoms with Crippen LogP contribution in [0.25, 0.3) is 11.4 Å². The fourth-order valence-corrected chi connectivity index (χ4v) is 2.09. The molecule has 0 aromatic carbocycles. The Morgan fingerprint density at radius 2 is 2.29 bits per heavy atom. The smallest absolute Gasteiger partial charge is 0.405 e. The Labute approximate surface area is 121 Å². The Bertz CT molecular complexity index is 678. The molecule has 7 nitrogen and oxygen atoms in total. The van der Waals surface area contributed by atoms with Crippen LogP contribution in [0.4, 0.5) is 4.79 Å². The Balaban J connectivity index is 1.84. The lowest BCUT2D eigenvalue weighted by molar-refractivity contribution is 0.0959. The van der Waals surface area contributed by atoms with Gasteiger partial charge in [-0.1, -0.05) is 12.1 Å². The zero-order valence-corrected chi connectivity index (χ0v) is 11.9. The van der Waals surface area contributed by atoms with E-state index in [4.69, 9.17) is 15.0 Å². The molecular weight excluding hydrogens is 272 g/mol. The summed E-state index contributed by atoms with van der Waals surface area (Å²) < 4.78 is 9.91. The normalized spacial score (nSPS) is 17.2.